The van der Waals surface area contributed by atoms with E-state index in [1.165, 1.54) is 19.5 Å². The molecule has 8 nitrogen and oxygen atoms in total. The van der Waals surface area contributed by atoms with Crippen LogP contribution in [0.1, 0.15) is 22.3 Å². The number of nitrogens with zero attached hydrogens (tertiary/aromatic N) is 2. The third-order valence-electron chi connectivity index (χ3n) is 3.51. The standard InChI is InChI=1S/C17H13Cl2N5O3.H2/c1-27-13-6-5-9(7-20-13)22-17(26)15-12(8-21-24-15)23-16(25)14-10(18)3-2-4-11(14)19;/h2-8H,1H3,(H,21,24)(H,22,26)(H,23,25);1H. The van der Waals surface area contributed by atoms with Crippen LogP contribution in [0.4, 0.5) is 11.4 Å². The summed E-state index contributed by atoms with van der Waals surface area (Å²) < 4.78 is 4.96. The molecule has 0 aliphatic carbocycles. The summed E-state index contributed by atoms with van der Waals surface area (Å²) in [5.41, 5.74) is 0.784. The first kappa shape index (κ1) is 18.7. The maximum absolute atomic E-state index is 12.5. The molecule has 0 aliphatic heterocycles. The Morgan fingerprint density at radius 3 is 2.44 bits per heavy atom. The van der Waals surface area contributed by atoms with E-state index in [0.717, 1.165) is 0 Å². The monoisotopic (exact) mass is 407 g/mol. The first-order valence-corrected chi connectivity index (χ1v) is 8.35. The highest BCUT2D eigenvalue weighted by atomic mass is 35.5. The Bertz CT molecular complexity index is 974. The van der Waals surface area contributed by atoms with Crippen molar-refractivity contribution >= 4 is 46.4 Å². The number of amides is 2. The third-order valence-corrected chi connectivity index (χ3v) is 4.14. The highest BCUT2D eigenvalue weighted by molar-refractivity contribution is 6.40. The van der Waals surface area contributed by atoms with E-state index < -0.39 is 11.8 Å². The van der Waals surface area contributed by atoms with Crippen LogP contribution in [0.5, 0.6) is 5.88 Å². The highest BCUT2D eigenvalue weighted by Crippen LogP contribution is 2.26. The number of methoxy groups -OCH3 is 1. The SMILES string of the molecule is COc1ccc(NC(=O)c2[nH]ncc2NC(=O)c2c(Cl)cccc2Cl)cn1.[HH]. The molecular formula is C17H15Cl2N5O3. The molecule has 2 aromatic heterocycles. The summed E-state index contributed by atoms with van der Waals surface area (Å²) in [5.74, 6) is -0.661. The summed E-state index contributed by atoms with van der Waals surface area (Å²) in [4.78, 5) is 28.9. The predicted molar refractivity (Wildman–Crippen MR) is 104 cm³/mol. The molecule has 0 bridgehead atoms. The zero-order valence-electron chi connectivity index (χ0n) is 13.9. The molecule has 140 valence electrons. The topological polar surface area (TPSA) is 109 Å². The van der Waals surface area contributed by atoms with E-state index in [1.807, 2.05) is 0 Å². The average Bonchev–Trinajstić information content (AvgIpc) is 3.10. The van der Waals surface area contributed by atoms with Gasteiger partial charge in [0.2, 0.25) is 5.88 Å². The van der Waals surface area contributed by atoms with Gasteiger partial charge in [0.05, 0.1) is 46.5 Å². The molecule has 3 aromatic rings. The molecule has 0 spiro atoms. The fraction of sp³-hybridized carbons (Fsp3) is 0.0588. The lowest BCUT2D eigenvalue weighted by atomic mass is 10.2. The second kappa shape index (κ2) is 8.07. The van der Waals surface area contributed by atoms with Gasteiger partial charge in [-0.15, -0.1) is 0 Å². The molecule has 0 unspecified atom stereocenters. The second-order valence-electron chi connectivity index (χ2n) is 5.25. The van der Waals surface area contributed by atoms with Crippen molar-refractivity contribution in [3.05, 3.63) is 64.0 Å². The zero-order valence-corrected chi connectivity index (χ0v) is 15.4. The summed E-state index contributed by atoms with van der Waals surface area (Å²) in [6.07, 6.45) is 2.75. The van der Waals surface area contributed by atoms with Gasteiger partial charge in [-0.2, -0.15) is 5.10 Å². The fourth-order valence-corrected chi connectivity index (χ4v) is 2.79. The number of rotatable bonds is 5. The van der Waals surface area contributed by atoms with E-state index in [9.17, 15) is 9.59 Å². The molecule has 0 radical (unpaired) electrons. The number of halogens is 2. The number of carbonyl (C=O) groups excluding carboxylic acids is 2. The van der Waals surface area contributed by atoms with E-state index in [0.29, 0.717) is 11.6 Å². The minimum atomic E-state index is -0.563. The van der Waals surface area contributed by atoms with Gasteiger partial charge in [0, 0.05) is 7.49 Å². The Hall–Kier alpha value is -3.10. The summed E-state index contributed by atoms with van der Waals surface area (Å²) in [6, 6.07) is 7.94. The molecule has 27 heavy (non-hydrogen) atoms. The number of carbonyl (C=O) groups is 2. The Morgan fingerprint density at radius 2 is 1.81 bits per heavy atom. The Labute approximate surface area is 165 Å². The smallest absolute Gasteiger partial charge is 0.275 e. The number of benzene rings is 1. The van der Waals surface area contributed by atoms with Crippen LogP contribution in [0.3, 0.4) is 0 Å². The number of nitrogens with one attached hydrogen (secondary N) is 3. The van der Waals surface area contributed by atoms with Gasteiger partial charge in [0.25, 0.3) is 11.8 Å². The second-order valence-corrected chi connectivity index (χ2v) is 6.07. The van der Waals surface area contributed by atoms with Crippen molar-refractivity contribution in [2.75, 3.05) is 17.7 Å². The molecule has 0 saturated heterocycles. The van der Waals surface area contributed by atoms with Crippen molar-refractivity contribution in [1.29, 1.82) is 0 Å². The summed E-state index contributed by atoms with van der Waals surface area (Å²) in [6.45, 7) is 0. The van der Waals surface area contributed by atoms with Crippen molar-refractivity contribution < 1.29 is 15.8 Å². The van der Waals surface area contributed by atoms with Gasteiger partial charge in [-0.25, -0.2) is 4.98 Å². The fourth-order valence-electron chi connectivity index (χ4n) is 2.22. The van der Waals surface area contributed by atoms with E-state index >= 15 is 0 Å². The maximum atomic E-state index is 12.5. The van der Waals surface area contributed by atoms with E-state index in [1.54, 1.807) is 30.3 Å². The van der Waals surface area contributed by atoms with Crippen LogP contribution in [0.25, 0.3) is 0 Å². The first-order valence-electron chi connectivity index (χ1n) is 7.59. The van der Waals surface area contributed by atoms with Crippen LogP contribution in [0.15, 0.2) is 42.7 Å². The van der Waals surface area contributed by atoms with E-state index in [2.05, 4.69) is 25.8 Å². The largest absolute Gasteiger partial charge is 0.481 e. The molecule has 0 saturated carbocycles. The van der Waals surface area contributed by atoms with Crippen LogP contribution >= 0.6 is 23.2 Å². The van der Waals surface area contributed by atoms with Crippen molar-refractivity contribution in [2.24, 2.45) is 0 Å². The molecule has 2 amide bonds. The van der Waals surface area contributed by atoms with Gasteiger partial charge in [0.15, 0.2) is 0 Å². The van der Waals surface area contributed by atoms with Crippen molar-refractivity contribution in [1.82, 2.24) is 15.2 Å². The van der Waals surface area contributed by atoms with E-state index in [-0.39, 0.29) is 28.4 Å². The predicted octanol–water partition coefficient (Wildman–Crippen LogP) is 3.87. The zero-order chi connectivity index (χ0) is 19.4. The van der Waals surface area contributed by atoms with Crippen LogP contribution in [-0.2, 0) is 0 Å². The number of hydrogen-bond donors (Lipinski definition) is 3. The van der Waals surface area contributed by atoms with Crippen molar-refractivity contribution in [3.63, 3.8) is 0 Å². The lowest BCUT2D eigenvalue weighted by molar-refractivity contribution is 0.102. The number of hydrogen-bond acceptors (Lipinski definition) is 5. The van der Waals surface area contributed by atoms with Crippen molar-refractivity contribution in [2.45, 2.75) is 0 Å². The minimum Gasteiger partial charge on any atom is -0.481 e. The lowest BCUT2D eigenvalue weighted by Gasteiger charge is -2.09. The summed E-state index contributed by atoms with van der Waals surface area (Å²) in [5, 5.41) is 12.0. The minimum absolute atomic E-state index is 0. The lowest BCUT2D eigenvalue weighted by Crippen LogP contribution is -2.18. The Kier molecular flexibility index (Phi) is 5.58. The number of anilines is 2. The Morgan fingerprint density at radius 1 is 1.07 bits per heavy atom. The van der Waals surface area contributed by atoms with Crippen LogP contribution in [-0.4, -0.2) is 34.1 Å². The van der Waals surface area contributed by atoms with Crippen LogP contribution in [0, 0.1) is 0 Å². The molecule has 1 aromatic carbocycles. The highest BCUT2D eigenvalue weighted by Gasteiger charge is 2.20. The maximum Gasteiger partial charge on any atom is 0.275 e. The number of H-pyrrole nitrogens is 1. The number of ether oxygens (including phenoxy) is 1. The van der Waals surface area contributed by atoms with E-state index in [4.69, 9.17) is 27.9 Å². The summed E-state index contributed by atoms with van der Waals surface area (Å²) >= 11 is 12.1. The van der Waals surface area contributed by atoms with Gasteiger partial charge in [-0.05, 0) is 18.2 Å². The Balaban J connectivity index is 0.00000280. The van der Waals surface area contributed by atoms with Gasteiger partial charge in [0.1, 0.15) is 5.69 Å². The quantitative estimate of drug-likeness (QED) is 0.594. The first-order chi connectivity index (χ1) is 13.0. The molecular weight excluding hydrogens is 393 g/mol. The van der Waals surface area contributed by atoms with Gasteiger partial charge >= 0.3 is 0 Å². The van der Waals surface area contributed by atoms with Crippen LogP contribution in [0.2, 0.25) is 10.0 Å². The number of aromatic nitrogens is 3. The number of pyridine rings is 1. The normalized spacial score (nSPS) is 10.3. The summed E-state index contributed by atoms with van der Waals surface area (Å²) in [7, 11) is 1.49. The van der Waals surface area contributed by atoms with Gasteiger partial charge in [-0.1, -0.05) is 29.3 Å². The van der Waals surface area contributed by atoms with Gasteiger partial charge < -0.3 is 15.4 Å². The molecule has 3 N–H and O–H groups in total. The molecule has 0 aliphatic rings. The molecule has 0 atom stereocenters. The molecule has 10 heteroatoms. The number of aromatic amines is 1. The van der Waals surface area contributed by atoms with Crippen LogP contribution < -0.4 is 15.4 Å². The van der Waals surface area contributed by atoms with Crippen molar-refractivity contribution in [3.8, 4) is 5.88 Å². The molecule has 0 fully saturated rings. The average molecular weight is 408 g/mol. The van der Waals surface area contributed by atoms with Gasteiger partial charge in [-0.3, -0.25) is 14.7 Å². The third kappa shape index (κ3) is 4.18. The molecule has 3 rings (SSSR count). The molecule has 2 heterocycles.